The van der Waals surface area contributed by atoms with Gasteiger partial charge in [-0.25, -0.2) is 0 Å². The van der Waals surface area contributed by atoms with Gasteiger partial charge in [-0.3, -0.25) is 0 Å². The number of aryl methyl sites for hydroxylation is 1. The summed E-state index contributed by atoms with van der Waals surface area (Å²) in [5.41, 5.74) is 2.93. The van der Waals surface area contributed by atoms with Crippen LogP contribution in [-0.4, -0.2) is 0 Å². The Hall–Kier alpha value is -2.27. The van der Waals surface area contributed by atoms with Gasteiger partial charge in [-0.2, -0.15) is 5.26 Å². The molecule has 2 aromatic carbocycles. The molecule has 0 N–H and O–H groups in total. The summed E-state index contributed by atoms with van der Waals surface area (Å²) in [5.74, 6) is 1.55. The molecule has 2 aromatic rings. The van der Waals surface area contributed by atoms with Gasteiger partial charge < -0.3 is 4.74 Å². The first kappa shape index (κ1) is 14.1. The molecule has 0 aliphatic carbocycles. The molecule has 20 heavy (non-hydrogen) atoms. The van der Waals surface area contributed by atoms with Crippen molar-refractivity contribution >= 4 is 0 Å². The lowest BCUT2D eigenvalue weighted by Crippen LogP contribution is -2.12. The summed E-state index contributed by atoms with van der Waals surface area (Å²) in [7, 11) is 0. The minimum atomic E-state index is 0.00979. The third kappa shape index (κ3) is 3.19. The molecule has 0 saturated heterocycles. The van der Waals surface area contributed by atoms with Crippen molar-refractivity contribution < 1.29 is 4.74 Å². The van der Waals surface area contributed by atoms with E-state index in [2.05, 4.69) is 39.0 Å². The van der Waals surface area contributed by atoms with Crippen molar-refractivity contribution in [3.63, 3.8) is 0 Å². The van der Waals surface area contributed by atoms with Crippen LogP contribution in [0.4, 0.5) is 0 Å². The van der Waals surface area contributed by atoms with E-state index in [0.717, 1.165) is 16.9 Å². The Morgan fingerprint density at radius 2 is 1.80 bits per heavy atom. The van der Waals surface area contributed by atoms with E-state index < -0.39 is 0 Å². The summed E-state index contributed by atoms with van der Waals surface area (Å²) in [6.07, 6.45) is 0. The highest BCUT2D eigenvalue weighted by Gasteiger charge is 2.19. The fraction of sp³-hybridized carbons (Fsp3) is 0.278. The number of hydrogen-bond acceptors (Lipinski definition) is 2. The maximum Gasteiger partial charge on any atom is 0.131 e. The fourth-order valence-corrected chi connectivity index (χ4v) is 2.09. The van der Waals surface area contributed by atoms with Crippen molar-refractivity contribution in [1.29, 1.82) is 5.26 Å². The van der Waals surface area contributed by atoms with E-state index in [4.69, 9.17) is 10.00 Å². The summed E-state index contributed by atoms with van der Waals surface area (Å²) in [4.78, 5) is 0. The number of hydrogen-bond donors (Lipinski definition) is 0. The average molecular weight is 265 g/mol. The summed E-state index contributed by atoms with van der Waals surface area (Å²) in [6, 6.07) is 15.6. The van der Waals surface area contributed by atoms with Gasteiger partial charge in [0, 0.05) is 5.56 Å². The Morgan fingerprint density at radius 1 is 1.05 bits per heavy atom. The van der Waals surface area contributed by atoms with Crippen LogP contribution in [0, 0.1) is 18.3 Å². The first-order valence-electron chi connectivity index (χ1n) is 6.69. The average Bonchev–Trinajstić information content (AvgIpc) is 2.37. The number of benzene rings is 2. The zero-order valence-electron chi connectivity index (χ0n) is 12.4. The van der Waals surface area contributed by atoms with Crippen molar-refractivity contribution in [1.82, 2.24) is 0 Å². The second-order valence-electron chi connectivity index (χ2n) is 5.99. The normalized spacial score (nSPS) is 10.9. The first-order chi connectivity index (χ1) is 9.40. The quantitative estimate of drug-likeness (QED) is 0.769. The highest BCUT2D eigenvalue weighted by atomic mass is 16.5. The molecule has 0 aliphatic heterocycles. The molecule has 0 aliphatic rings. The van der Waals surface area contributed by atoms with Gasteiger partial charge in [-0.15, -0.1) is 0 Å². The van der Waals surface area contributed by atoms with Crippen LogP contribution in [0.1, 0.15) is 37.5 Å². The lowest BCUT2D eigenvalue weighted by Gasteiger charge is -2.23. The van der Waals surface area contributed by atoms with Gasteiger partial charge in [-0.1, -0.05) is 39.0 Å². The molecule has 0 radical (unpaired) electrons. The Bertz CT molecular complexity index is 660. The number of rotatable bonds is 2. The van der Waals surface area contributed by atoms with E-state index in [1.54, 1.807) is 12.1 Å². The van der Waals surface area contributed by atoms with Gasteiger partial charge in [0.2, 0.25) is 0 Å². The Kier molecular flexibility index (Phi) is 3.81. The van der Waals surface area contributed by atoms with Crippen molar-refractivity contribution in [2.75, 3.05) is 0 Å². The molecule has 2 rings (SSSR count). The zero-order valence-corrected chi connectivity index (χ0v) is 12.4. The number of nitriles is 1. The topological polar surface area (TPSA) is 33.0 Å². The smallest absolute Gasteiger partial charge is 0.131 e. The maximum atomic E-state index is 8.95. The SMILES string of the molecule is Cc1ccc(C(C)(C)C)c(Oc2cccc(C#N)c2)c1. The highest BCUT2D eigenvalue weighted by Crippen LogP contribution is 2.35. The van der Waals surface area contributed by atoms with Gasteiger partial charge in [-0.05, 0) is 42.2 Å². The van der Waals surface area contributed by atoms with Crippen LogP contribution in [0.25, 0.3) is 0 Å². The predicted octanol–water partition coefficient (Wildman–Crippen LogP) is 4.96. The monoisotopic (exact) mass is 265 g/mol. The highest BCUT2D eigenvalue weighted by molar-refractivity contribution is 5.45. The largest absolute Gasteiger partial charge is 0.457 e. The standard InChI is InChI=1S/C18H19NO/c1-13-8-9-16(18(2,3)4)17(10-13)20-15-7-5-6-14(11-15)12-19/h5-11H,1-4H3. The Morgan fingerprint density at radius 3 is 2.45 bits per heavy atom. The second kappa shape index (κ2) is 5.38. The Balaban J connectivity index is 2.42. The molecule has 2 nitrogen and oxygen atoms in total. The summed E-state index contributed by atoms with van der Waals surface area (Å²) >= 11 is 0. The van der Waals surface area contributed by atoms with Gasteiger partial charge in [0.1, 0.15) is 11.5 Å². The van der Waals surface area contributed by atoms with Crippen molar-refractivity contribution in [3.8, 4) is 17.6 Å². The third-order valence-corrected chi connectivity index (χ3v) is 3.14. The molecule has 0 amide bonds. The summed E-state index contributed by atoms with van der Waals surface area (Å²) < 4.78 is 6.01. The van der Waals surface area contributed by atoms with Crippen LogP contribution in [0.3, 0.4) is 0 Å². The van der Waals surface area contributed by atoms with Crippen LogP contribution < -0.4 is 4.74 Å². The van der Waals surface area contributed by atoms with E-state index >= 15 is 0 Å². The van der Waals surface area contributed by atoms with Gasteiger partial charge in [0.15, 0.2) is 0 Å². The molecule has 0 atom stereocenters. The van der Waals surface area contributed by atoms with E-state index in [1.165, 1.54) is 0 Å². The molecule has 2 heteroatoms. The molecule has 102 valence electrons. The van der Waals surface area contributed by atoms with Crippen molar-refractivity contribution in [2.24, 2.45) is 0 Å². The zero-order chi connectivity index (χ0) is 14.8. The van der Waals surface area contributed by atoms with Gasteiger partial charge in [0.05, 0.1) is 11.6 Å². The van der Waals surface area contributed by atoms with Crippen molar-refractivity contribution in [3.05, 3.63) is 59.2 Å². The lowest BCUT2D eigenvalue weighted by atomic mass is 9.86. The first-order valence-corrected chi connectivity index (χ1v) is 6.69. The molecule has 0 bridgehead atoms. The third-order valence-electron chi connectivity index (χ3n) is 3.14. The fourth-order valence-electron chi connectivity index (χ4n) is 2.09. The van der Waals surface area contributed by atoms with Crippen LogP contribution in [0.5, 0.6) is 11.5 Å². The van der Waals surface area contributed by atoms with Gasteiger partial charge >= 0.3 is 0 Å². The van der Waals surface area contributed by atoms with E-state index in [1.807, 2.05) is 25.1 Å². The minimum absolute atomic E-state index is 0.00979. The molecule has 0 saturated carbocycles. The molecular weight excluding hydrogens is 246 g/mol. The summed E-state index contributed by atoms with van der Waals surface area (Å²) in [6.45, 7) is 8.54. The van der Waals surface area contributed by atoms with E-state index in [-0.39, 0.29) is 5.41 Å². The van der Waals surface area contributed by atoms with Crippen molar-refractivity contribution in [2.45, 2.75) is 33.1 Å². The lowest BCUT2D eigenvalue weighted by molar-refractivity contribution is 0.455. The number of nitrogens with zero attached hydrogens (tertiary/aromatic N) is 1. The molecule has 0 heterocycles. The maximum absolute atomic E-state index is 8.95. The van der Waals surface area contributed by atoms with E-state index in [0.29, 0.717) is 11.3 Å². The molecule has 0 fully saturated rings. The Labute approximate surface area is 120 Å². The molecule has 0 spiro atoms. The van der Waals surface area contributed by atoms with Gasteiger partial charge in [0.25, 0.3) is 0 Å². The van der Waals surface area contributed by atoms with Crippen LogP contribution in [0.15, 0.2) is 42.5 Å². The van der Waals surface area contributed by atoms with Crippen LogP contribution in [-0.2, 0) is 5.41 Å². The minimum Gasteiger partial charge on any atom is -0.457 e. The second-order valence-corrected chi connectivity index (χ2v) is 5.99. The number of ether oxygens (including phenoxy) is 1. The van der Waals surface area contributed by atoms with E-state index in [9.17, 15) is 0 Å². The van der Waals surface area contributed by atoms with Crippen LogP contribution >= 0.6 is 0 Å². The molecule has 0 unspecified atom stereocenters. The predicted molar refractivity (Wildman–Crippen MR) is 81.1 cm³/mol. The van der Waals surface area contributed by atoms with Crippen LogP contribution in [0.2, 0.25) is 0 Å². The summed E-state index contributed by atoms with van der Waals surface area (Å²) in [5, 5.41) is 8.95. The molecule has 0 aromatic heterocycles. The molecular formula is C18H19NO.